The summed E-state index contributed by atoms with van der Waals surface area (Å²) in [5.41, 5.74) is 0.609. The number of aliphatic imine (C=N–C) groups is 1. The highest BCUT2D eigenvalue weighted by molar-refractivity contribution is 5.88. The van der Waals surface area contributed by atoms with Crippen molar-refractivity contribution in [1.82, 2.24) is 0 Å². The predicted molar refractivity (Wildman–Crippen MR) is 89.0 cm³/mol. The van der Waals surface area contributed by atoms with Crippen LogP contribution in [0.4, 0.5) is 0 Å². The lowest BCUT2D eigenvalue weighted by Gasteiger charge is -2.26. The van der Waals surface area contributed by atoms with E-state index in [1.807, 2.05) is 60.7 Å². The first kappa shape index (κ1) is 15.7. The monoisotopic (exact) mass is 293 g/mol. The van der Waals surface area contributed by atoms with Gasteiger partial charge in [0.25, 0.3) is 0 Å². The van der Waals surface area contributed by atoms with E-state index in [2.05, 4.69) is 11.6 Å². The number of nitrogens with zero attached hydrogens (tertiary/aromatic N) is 1. The fourth-order valence-electron chi connectivity index (χ4n) is 2.31. The molecular formula is C19H19NO2. The summed E-state index contributed by atoms with van der Waals surface area (Å²) in [5, 5.41) is 0. The van der Waals surface area contributed by atoms with Crippen LogP contribution in [0.1, 0.15) is 17.5 Å². The van der Waals surface area contributed by atoms with E-state index in [9.17, 15) is 4.79 Å². The Morgan fingerprint density at radius 2 is 1.73 bits per heavy atom. The van der Waals surface area contributed by atoms with Gasteiger partial charge >= 0.3 is 5.97 Å². The molecule has 0 radical (unpaired) electrons. The summed E-state index contributed by atoms with van der Waals surface area (Å²) in [6.07, 6.45) is 3.76. The third-order valence-corrected chi connectivity index (χ3v) is 3.45. The summed E-state index contributed by atoms with van der Waals surface area (Å²) in [6.45, 7) is 3.76. The van der Waals surface area contributed by atoms with E-state index in [1.54, 1.807) is 12.3 Å². The Kier molecular flexibility index (Phi) is 5.26. The number of benzene rings is 2. The molecule has 0 saturated heterocycles. The van der Waals surface area contributed by atoms with Crippen LogP contribution in [-0.4, -0.2) is 19.3 Å². The van der Waals surface area contributed by atoms with Crippen molar-refractivity contribution in [3.63, 3.8) is 0 Å². The number of carbonyl (C=O) groups excluding carboxylic acids is 1. The minimum atomic E-state index is -1.10. The van der Waals surface area contributed by atoms with Crippen molar-refractivity contribution in [1.29, 1.82) is 0 Å². The van der Waals surface area contributed by atoms with Crippen molar-refractivity contribution in [3.8, 4) is 0 Å². The van der Waals surface area contributed by atoms with Gasteiger partial charge in [0.15, 0.2) is 5.54 Å². The van der Waals surface area contributed by atoms with Crippen molar-refractivity contribution in [2.75, 3.05) is 7.11 Å². The molecule has 2 aromatic carbocycles. The Morgan fingerprint density at radius 3 is 2.27 bits per heavy atom. The van der Waals surface area contributed by atoms with Gasteiger partial charge in [-0.3, -0.25) is 4.99 Å². The second-order valence-electron chi connectivity index (χ2n) is 4.88. The topological polar surface area (TPSA) is 38.7 Å². The molecule has 0 bridgehead atoms. The first-order valence-electron chi connectivity index (χ1n) is 7.08. The van der Waals surface area contributed by atoms with Gasteiger partial charge in [0.1, 0.15) is 0 Å². The zero-order valence-corrected chi connectivity index (χ0v) is 12.6. The minimum Gasteiger partial charge on any atom is -0.467 e. The molecule has 0 amide bonds. The molecule has 0 aliphatic carbocycles. The van der Waals surface area contributed by atoms with Gasteiger partial charge in [0.2, 0.25) is 0 Å². The van der Waals surface area contributed by atoms with Crippen LogP contribution in [0.25, 0.3) is 0 Å². The maximum Gasteiger partial charge on any atom is 0.338 e. The number of methoxy groups -OCH3 is 1. The molecule has 3 heteroatoms. The van der Waals surface area contributed by atoms with E-state index < -0.39 is 11.5 Å². The Bertz CT molecular complexity index is 650. The van der Waals surface area contributed by atoms with Crippen molar-refractivity contribution in [2.24, 2.45) is 4.99 Å². The van der Waals surface area contributed by atoms with Gasteiger partial charge in [-0.1, -0.05) is 66.7 Å². The number of ether oxygens (including phenoxy) is 1. The second kappa shape index (κ2) is 7.36. The van der Waals surface area contributed by atoms with Crippen LogP contribution in [0.15, 0.2) is 78.3 Å². The molecule has 1 unspecified atom stereocenters. The summed E-state index contributed by atoms with van der Waals surface area (Å²) in [7, 11) is 1.38. The highest BCUT2D eigenvalue weighted by Crippen LogP contribution is 2.31. The van der Waals surface area contributed by atoms with Crippen molar-refractivity contribution in [2.45, 2.75) is 12.0 Å². The largest absolute Gasteiger partial charge is 0.467 e. The van der Waals surface area contributed by atoms with E-state index in [0.717, 1.165) is 11.1 Å². The van der Waals surface area contributed by atoms with Crippen LogP contribution in [-0.2, 0) is 15.1 Å². The lowest BCUT2D eigenvalue weighted by molar-refractivity contribution is -0.147. The van der Waals surface area contributed by atoms with Gasteiger partial charge in [-0.25, -0.2) is 4.79 Å². The van der Waals surface area contributed by atoms with Gasteiger partial charge in [-0.15, -0.1) is 6.58 Å². The summed E-state index contributed by atoms with van der Waals surface area (Å²) in [4.78, 5) is 17.0. The number of hydrogen-bond acceptors (Lipinski definition) is 3. The Hall–Kier alpha value is -2.68. The molecule has 0 saturated carbocycles. The van der Waals surface area contributed by atoms with E-state index in [1.165, 1.54) is 7.11 Å². The Labute approximate surface area is 131 Å². The number of carbonyl (C=O) groups is 1. The fraction of sp³-hybridized carbons (Fsp3) is 0.158. The van der Waals surface area contributed by atoms with Crippen molar-refractivity contribution < 1.29 is 9.53 Å². The summed E-state index contributed by atoms with van der Waals surface area (Å²) >= 11 is 0. The minimum absolute atomic E-state index is 0.368. The smallest absolute Gasteiger partial charge is 0.338 e. The summed E-state index contributed by atoms with van der Waals surface area (Å²) in [5.74, 6) is -0.397. The average molecular weight is 293 g/mol. The third kappa shape index (κ3) is 3.31. The maximum atomic E-state index is 12.5. The number of rotatable bonds is 6. The second-order valence-corrected chi connectivity index (χ2v) is 4.88. The first-order chi connectivity index (χ1) is 10.7. The lowest BCUT2D eigenvalue weighted by Crippen LogP contribution is -2.35. The normalized spacial score (nSPS) is 13.5. The average Bonchev–Trinajstić information content (AvgIpc) is 2.59. The van der Waals surface area contributed by atoms with Gasteiger partial charge < -0.3 is 4.74 Å². The van der Waals surface area contributed by atoms with E-state index in [0.29, 0.717) is 6.42 Å². The standard InChI is InChI=1S/C19H19NO2/c1-3-14-19(18(21)22-2,17-12-8-5-9-13-17)20-15-16-10-6-4-7-11-16/h3-13,15H,1,14H2,2H3. The molecule has 3 nitrogen and oxygen atoms in total. The van der Waals surface area contributed by atoms with Crippen LogP contribution in [0.2, 0.25) is 0 Å². The van der Waals surface area contributed by atoms with Crippen LogP contribution in [0.5, 0.6) is 0 Å². The molecule has 22 heavy (non-hydrogen) atoms. The molecule has 0 fully saturated rings. The lowest BCUT2D eigenvalue weighted by atomic mass is 9.87. The van der Waals surface area contributed by atoms with Crippen LogP contribution in [0, 0.1) is 0 Å². The molecule has 2 rings (SSSR count). The molecule has 0 aliphatic heterocycles. The molecule has 1 atom stereocenters. The number of esters is 1. The van der Waals surface area contributed by atoms with Crippen LogP contribution < -0.4 is 0 Å². The van der Waals surface area contributed by atoms with Gasteiger partial charge in [-0.05, 0) is 11.1 Å². The molecule has 0 spiro atoms. The molecule has 2 aromatic rings. The van der Waals surface area contributed by atoms with Gasteiger partial charge in [0.05, 0.1) is 7.11 Å². The van der Waals surface area contributed by atoms with E-state index in [4.69, 9.17) is 4.74 Å². The SMILES string of the molecule is C=CCC(N=Cc1ccccc1)(C(=O)OC)c1ccccc1. The van der Waals surface area contributed by atoms with Crippen LogP contribution >= 0.6 is 0 Å². The molecule has 0 N–H and O–H groups in total. The van der Waals surface area contributed by atoms with Crippen LogP contribution in [0.3, 0.4) is 0 Å². The van der Waals surface area contributed by atoms with E-state index in [-0.39, 0.29) is 0 Å². The molecule has 0 heterocycles. The zero-order valence-electron chi connectivity index (χ0n) is 12.6. The van der Waals surface area contributed by atoms with E-state index >= 15 is 0 Å². The summed E-state index contributed by atoms with van der Waals surface area (Å²) in [6, 6.07) is 19.1. The first-order valence-corrected chi connectivity index (χ1v) is 7.08. The van der Waals surface area contributed by atoms with Crippen molar-refractivity contribution >= 4 is 12.2 Å². The fourth-order valence-corrected chi connectivity index (χ4v) is 2.31. The van der Waals surface area contributed by atoms with Gasteiger partial charge in [0, 0.05) is 12.6 Å². The highest BCUT2D eigenvalue weighted by atomic mass is 16.5. The highest BCUT2D eigenvalue weighted by Gasteiger charge is 2.39. The zero-order chi connectivity index (χ0) is 15.8. The van der Waals surface area contributed by atoms with Gasteiger partial charge in [-0.2, -0.15) is 0 Å². The van der Waals surface area contributed by atoms with Crippen molar-refractivity contribution in [3.05, 3.63) is 84.4 Å². The molecule has 112 valence electrons. The summed E-state index contributed by atoms with van der Waals surface area (Å²) < 4.78 is 5.01. The quantitative estimate of drug-likeness (QED) is 0.462. The Morgan fingerprint density at radius 1 is 1.14 bits per heavy atom. The maximum absolute atomic E-state index is 12.5. The predicted octanol–water partition coefficient (Wildman–Crippen LogP) is 3.75. The number of hydrogen-bond donors (Lipinski definition) is 0. The molecular weight excluding hydrogens is 274 g/mol. The third-order valence-electron chi connectivity index (χ3n) is 3.45. The Balaban J connectivity index is 2.51. The molecule has 0 aromatic heterocycles. The molecule has 0 aliphatic rings.